The van der Waals surface area contributed by atoms with Crippen LogP contribution in [-0.4, -0.2) is 81.7 Å². The normalized spacial score (nSPS) is 24.6. The number of likely N-dealkylation sites (N-methyl/N-ethyl adjacent to an activating group) is 1. The van der Waals surface area contributed by atoms with E-state index in [0.717, 1.165) is 12.2 Å². The molecule has 0 fully saturated rings. The lowest BCUT2D eigenvalue weighted by molar-refractivity contribution is -0.136. The number of fused-ring (bicyclic) bond motifs is 2. The average molecular weight is 353 g/mol. The van der Waals surface area contributed by atoms with Gasteiger partial charge in [-0.3, -0.25) is 9.48 Å². The lowest BCUT2D eigenvalue weighted by atomic mass is 10.0. The topological polar surface area (TPSA) is 83.7 Å². The molecule has 1 amide bonds. The van der Waals surface area contributed by atoms with Crippen LogP contribution in [0.25, 0.3) is 0 Å². The Kier molecular flexibility index (Phi) is 7.34. The molecule has 0 aromatic carbocycles. The van der Waals surface area contributed by atoms with E-state index >= 15 is 0 Å². The molecular weight excluding hydrogens is 322 g/mol. The highest BCUT2D eigenvalue weighted by Crippen LogP contribution is 2.17. The Morgan fingerprint density at radius 3 is 2.92 bits per heavy atom. The van der Waals surface area contributed by atoms with Gasteiger partial charge in [-0.1, -0.05) is 12.1 Å². The number of aliphatic hydroxyl groups is 1. The molecule has 1 aliphatic rings. The number of carbonyl (C=O) groups is 1. The number of rotatable bonds is 4. The fourth-order valence-corrected chi connectivity index (χ4v) is 3.05. The molecule has 8 heteroatoms. The zero-order valence-corrected chi connectivity index (χ0v) is 15.8. The molecule has 142 valence electrons. The summed E-state index contributed by atoms with van der Waals surface area (Å²) in [6.45, 7) is 6.32. The van der Waals surface area contributed by atoms with Gasteiger partial charge in [0.05, 0.1) is 31.6 Å². The van der Waals surface area contributed by atoms with Crippen molar-refractivity contribution in [2.45, 2.75) is 52.0 Å². The van der Waals surface area contributed by atoms with E-state index in [1.54, 1.807) is 9.58 Å². The number of aryl methyl sites for hydroxylation is 1. The van der Waals surface area contributed by atoms with Crippen LogP contribution in [0, 0.1) is 5.92 Å². The number of hydrogen-bond donors (Lipinski definition) is 1. The van der Waals surface area contributed by atoms with Crippen LogP contribution in [-0.2, 0) is 22.7 Å². The molecule has 0 saturated carbocycles. The standard InChI is InChI=1S/C17H31N5O3/c1-13-8-22(14(2)11-23)17(24)6-5-7-21-9-15(18-19-21)12-25-16(13)10-20(3)4/h9,13-14,16,23H,5-8,10-12H2,1-4H3/t13-,14+,16-/m1/s1. The van der Waals surface area contributed by atoms with Gasteiger partial charge in [0.25, 0.3) is 0 Å². The van der Waals surface area contributed by atoms with Crippen molar-refractivity contribution in [1.29, 1.82) is 0 Å². The largest absolute Gasteiger partial charge is 0.394 e. The Balaban J connectivity index is 2.20. The Morgan fingerprint density at radius 2 is 2.24 bits per heavy atom. The zero-order chi connectivity index (χ0) is 18.4. The van der Waals surface area contributed by atoms with Crippen LogP contribution in [0.5, 0.6) is 0 Å². The third-order valence-corrected chi connectivity index (χ3v) is 4.59. The second-order valence-electron chi connectivity index (χ2n) is 7.24. The highest BCUT2D eigenvalue weighted by molar-refractivity contribution is 5.76. The molecule has 1 N–H and O–H groups in total. The van der Waals surface area contributed by atoms with Crippen molar-refractivity contribution in [2.24, 2.45) is 5.92 Å². The molecule has 0 aliphatic carbocycles. The molecule has 2 heterocycles. The zero-order valence-electron chi connectivity index (χ0n) is 15.8. The lowest BCUT2D eigenvalue weighted by Crippen LogP contribution is -2.46. The molecule has 25 heavy (non-hydrogen) atoms. The smallest absolute Gasteiger partial charge is 0.222 e. The summed E-state index contributed by atoms with van der Waals surface area (Å²) in [7, 11) is 4.01. The second kappa shape index (κ2) is 9.26. The molecule has 3 atom stereocenters. The summed E-state index contributed by atoms with van der Waals surface area (Å²) in [5, 5.41) is 17.8. The number of hydrogen-bond acceptors (Lipinski definition) is 6. The average Bonchev–Trinajstić information content (AvgIpc) is 3.02. The van der Waals surface area contributed by atoms with Gasteiger partial charge in [-0.2, -0.15) is 0 Å². The van der Waals surface area contributed by atoms with Gasteiger partial charge in [0.2, 0.25) is 5.91 Å². The monoisotopic (exact) mass is 353 g/mol. The summed E-state index contributed by atoms with van der Waals surface area (Å²) in [6, 6.07) is -0.197. The van der Waals surface area contributed by atoms with Crippen LogP contribution in [0.2, 0.25) is 0 Å². The van der Waals surface area contributed by atoms with Crippen LogP contribution in [0.4, 0.5) is 0 Å². The summed E-state index contributed by atoms with van der Waals surface area (Å²) in [4.78, 5) is 16.5. The van der Waals surface area contributed by atoms with Gasteiger partial charge in [-0.15, -0.1) is 5.10 Å². The van der Waals surface area contributed by atoms with Crippen LogP contribution in [0.3, 0.4) is 0 Å². The van der Waals surface area contributed by atoms with Crippen LogP contribution in [0.15, 0.2) is 6.20 Å². The Hall–Kier alpha value is -1.51. The number of nitrogens with zero attached hydrogens (tertiary/aromatic N) is 5. The number of amides is 1. The molecule has 0 spiro atoms. The molecular formula is C17H31N5O3. The second-order valence-corrected chi connectivity index (χ2v) is 7.24. The van der Waals surface area contributed by atoms with E-state index in [9.17, 15) is 9.90 Å². The number of aliphatic hydroxyl groups excluding tert-OH is 1. The van der Waals surface area contributed by atoms with Crippen LogP contribution in [0.1, 0.15) is 32.4 Å². The molecule has 0 unspecified atom stereocenters. The number of aromatic nitrogens is 3. The quantitative estimate of drug-likeness (QED) is 0.842. The van der Waals surface area contributed by atoms with E-state index in [-0.39, 0.29) is 30.6 Å². The first-order chi connectivity index (χ1) is 11.9. The Morgan fingerprint density at radius 1 is 1.48 bits per heavy atom. The van der Waals surface area contributed by atoms with Crippen LogP contribution < -0.4 is 0 Å². The first kappa shape index (κ1) is 19.8. The van der Waals surface area contributed by atoms with Crippen molar-refractivity contribution in [3.8, 4) is 0 Å². The highest BCUT2D eigenvalue weighted by atomic mass is 16.5. The first-order valence-corrected chi connectivity index (χ1v) is 8.96. The third-order valence-electron chi connectivity index (χ3n) is 4.59. The van der Waals surface area contributed by atoms with Crippen molar-refractivity contribution in [1.82, 2.24) is 24.8 Å². The van der Waals surface area contributed by atoms with Crippen molar-refractivity contribution in [3.05, 3.63) is 11.9 Å². The molecule has 1 aromatic rings. The molecule has 1 aromatic heterocycles. The summed E-state index contributed by atoms with van der Waals surface area (Å²) in [6.07, 6.45) is 2.98. The van der Waals surface area contributed by atoms with Crippen molar-refractivity contribution in [2.75, 3.05) is 33.8 Å². The van der Waals surface area contributed by atoms with Gasteiger partial charge in [-0.25, -0.2) is 0 Å². The minimum Gasteiger partial charge on any atom is -0.394 e. The predicted molar refractivity (Wildman–Crippen MR) is 93.8 cm³/mol. The SMILES string of the molecule is C[C@@H]1CN([C@@H](C)CO)C(=O)CCCn2cc(nn2)CO[C@@H]1CN(C)C. The molecule has 8 nitrogen and oxygen atoms in total. The molecule has 1 aliphatic heterocycles. The third kappa shape index (κ3) is 5.76. The Bertz CT molecular complexity index is 548. The maximum Gasteiger partial charge on any atom is 0.222 e. The van der Waals surface area contributed by atoms with Crippen molar-refractivity contribution in [3.63, 3.8) is 0 Å². The van der Waals surface area contributed by atoms with E-state index in [1.165, 1.54) is 0 Å². The summed E-state index contributed by atoms with van der Waals surface area (Å²) >= 11 is 0. The fraction of sp³-hybridized carbons (Fsp3) is 0.824. The van der Waals surface area contributed by atoms with Gasteiger partial charge < -0.3 is 19.6 Å². The first-order valence-electron chi connectivity index (χ1n) is 8.96. The maximum absolute atomic E-state index is 12.7. The minimum atomic E-state index is -0.197. The van der Waals surface area contributed by atoms with Gasteiger partial charge in [0.1, 0.15) is 5.69 Å². The summed E-state index contributed by atoms with van der Waals surface area (Å²) in [5.41, 5.74) is 0.808. The van der Waals surface area contributed by atoms with Gasteiger partial charge in [0.15, 0.2) is 0 Å². The number of ether oxygens (including phenoxy) is 1. The highest BCUT2D eigenvalue weighted by Gasteiger charge is 2.27. The van der Waals surface area contributed by atoms with E-state index in [1.807, 2.05) is 27.2 Å². The maximum atomic E-state index is 12.7. The van der Waals surface area contributed by atoms with Crippen molar-refractivity contribution >= 4 is 5.91 Å². The fourth-order valence-electron chi connectivity index (χ4n) is 3.05. The minimum absolute atomic E-state index is 0.0380. The van der Waals surface area contributed by atoms with Gasteiger partial charge in [0, 0.05) is 32.0 Å². The number of carbonyl (C=O) groups excluding carboxylic acids is 1. The Labute approximate surface area is 149 Å². The van der Waals surface area contributed by atoms with E-state index in [0.29, 0.717) is 32.5 Å². The van der Waals surface area contributed by atoms with Crippen molar-refractivity contribution < 1.29 is 14.6 Å². The van der Waals surface area contributed by atoms with E-state index < -0.39 is 0 Å². The predicted octanol–water partition coefficient (Wildman–Crippen LogP) is 0.364. The molecule has 0 saturated heterocycles. The van der Waals surface area contributed by atoms with Gasteiger partial charge in [-0.05, 0) is 27.4 Å². The molecule has 0 radical (unpaired) electrons. The van der Waals surface area contributed by atoms with Gasteiger partial charge >= 0.3 is 0 Å². The van der Waals surface area contributed by atoms with E-state index in [4.69, 9.17) is 4.74 Å². The summed E-state index contributed by atoms with van der Waals surface area (Å²) < 4.78 is 7.87. The van der Waals surface area contributed by atoms with Crippen LogP contribution >= 0.6 is 0 Å². The lowest BCUT2D eigenvalue weighted by Gasteiger charge is -2.34. The van der Waals surface area contributed by atoms with E-state index in [2.05, 4.69) is 22.1 Å². The summed E-state index contributed by atoms with van der Waals surface area (Å²) in [5.74, 6) is 0.202. The molecule has 2 rings (SSSR count). The molecule has 2 bridgehead atoms.